The molecule has 0 atom stereocenters. The highest BCUT2D eigenvalue weighted by Crippen LogP contribution is 2.21. The van der Waals surface area contributed by atoms with Crippen molar-refractivity contribution in [1.82, 2.24) is 0 Å². The Hall–Kier alpha value is -1.61. The maximum absolute atomic E-state index is 5.63. The van der Waals surface area contributed by atoms with Gasteiger partial charge in [0.25, 0.3) is 0 Å². The molecule has 3 heteroatoms. The number of hydrogen-bond donors (Lipinski definition) is 0. The van der Waals surface area contributed by atoms with Crippen LogP contribution in [-0.2, 0) is 0 Å². The molecular weight excluding hydrogens is 244 g/mol. The summed E-state index contributed by atoms with van der Waals surface area (Å²) in [5, 5.41) is 0. The molecule has 0 amide bonds. The molecule has 0 saturated heterocycles. The van der Waals surface area contributed by atoms with E-state index in [1.807, 2.05) is 42.5 Å². The van der Waals surface area contributed by atoms with Crippen molar-refractivity contribution in [3.05, 3.63) is 54.6 Å². The molecule has 0 bridgehead atoms. The average Bonchev–Trinajstić information content (AvgIpc) is 2.45. The molecule has 0 spiro atoms. The van der Waals surface area contributed by atoms with Crippen molar-refractivity contribution >= 4 is 11.8 Å². The highest BCUT2D eigenvalue weighted by Gasteiger charge is 1.96. The second kappa shape index (κ2) is 6.97. The molecular formula is C15H16O2S. The topological polar surface area (TPSA) is 18.5 Å². The van der Waals surface area contributed by atoms with Crippen LogP contribution in [-0.4, -0.2) is 19.5 Å². The largest absolute Gasteiger partial charge is 0.497 e. The Kier molecular flexibility index (Phi) is 4.97. The zero-order chi connectivity index (χ0) is 12.6. The maximum Gasteiger partial charge on any atom is 0.119 e. The molecule has 0 aliphatic heterocycles. The third-order valence-electron chi connectivity index (χ3n) is 2.42. The summed E-state index contributed by atoms with van der Waals surface area (Å²) in [5.74, 6) is 2.74. The Bertz CT molecular complexity index is 454. The molecule has 18 heavy (non-hydrogen) atoms. The van der Waals surface area contributed by atoms with Crippen LogP contribution in [0.1, 0.15) is 0 Å². The van der Waals surface area contributed by atoms with E-state index >= 15 is 0 Å². The van der Waals surface area contributed by atoms with Gasteiger partial charge < -0.3 is 9.47 Å². The van der Waals surface area contributed by atoms with Crippen molar-refractivity contribution in [2.45, 2.75) is 4.90 Å². The minimum Gasteiger partial charge on any atom is -0.497 e. The molecule has 0 N–H and O–H groups in total. The quantitative estimate of drug-likeness (QED) is 0.580. The predicted molar refractivity (Wildman–Crippen MR) is 75.7 cm³/mol. The van der Waals surface area contributed by atoms with E-state index in [0.29, 0.717) is 6.61 Å². The summed E-state index contributed by atoms with van der Waals surface area (Å²) in [4.78, 5) is 1.23. The number of benzene rings is 2. The summed E-state index contributed by atoms with van der Waals surface area (Å²) >= 11 is 1.78. The van der Waals surface area contributed by atoms with Crippen molar-refractivity contribution in [2.75, 3.05) is 19.5 Å². The molecule has 0 radical (unpaired) electrons. The summed E-state index contributed by atoms with van der Waals surface area (Å²) in [6, 6.07) is 18.0. The normalized spacial score (nSPS) is 10.1. The van der Waals surface area contributed by atoms with Gasteiger partial charge in [0, 0.05) is 10.6 Å². The average molecular weight is 260 g/mol. The van der Waals surface area contributed by atoms with Gasteiger partial charge >= 0.3 is 0 Å². The van der Waals surface area contributed by atoms with Crippen molar-refractivity contribution in [3.63, 3.8) is 0 Å². The highest BCUT2D eigenvalue weighted by atomic mass is 32.2. The van der Waals surface area contributed by atoms with Gasteiger partial charge in [0.15, 0.2) is 0 Å². The maximum atomic E-state index is 5.63. The van der Waals surface area contributed by atoms with E-state index in [-0.39, 0.29) is 0 Å². The molecule has 94 valence electrons. The summed E-state index contributed by atoms with van der Waals surface area (Å²) in [6.07, 6.45) is 0. The van der Waals surface area contributed by atoms with Crippen molar-refractivity contribution in [3.8, 4) is 11.5 Å². The number of para-hydroxylation sites is 1. The third kappa shape index (κ3) is 4.00. The van der Waals surface area contributed by atoms with E-state index in [1.54, 1.807) is 18.9 Å². The van der Waals surface area contributed by atoms with Crippen LogP contribution in [0.3, 0.4) is 0 Å². The Balaban J connectivity index is 1.72. The van der Waals surface area contributed by atoms with Crippen LogP contribution in [0.25, 0.3) is 0 Å². The van der Waals surface area contributed by atoms with Crippen molar-refractivity contribution < 1.29 is 9.47 Å². The Labute approximate surface area is 112 Å². The smallest absolute Gasteiger partial charge is 0.119 e. The monoisotopic (exact) mass is 260 g/mol. The van der Waals surface area contributed by atoms with Gasteiger partial charge in [0.05, 0.1) is 13.7 Å². The molecule has 0 unspecified atom stereocenters. The number of methoxy groups -OCH3 is 1. The van der Waals surface area contributed by atoms with Gasteiger partial charge in [-0.25, -0.2) is 0 Å². The Morgan fingerprint density at radius 2 is 1.61 bits per heavy atom. The van der Waals surface area contributed by atoms with Crippen LogP contribution < -0.4 is 9.47 Å². The number of hydrogen-bond acceptors (Lipinski definition) is 3. The summed E-state index contributed by atoms with van der Waals surface area (Å²) in [6.45, 7) is 0.709. The lowest BCUT2D eigenvalue weighted by Gasteiger charge is -2.06. The van der Waals surface area contributed by atoms with Gasteiger partial charge in [-0.1, -0.05) is 18.2 Å². The summed E-state index contributed by atoms with van der Waals surface area (Å²) in [7, 11) is 1.68. The summed E-state index contributed by atoms with van der Waals surface area (Å²) < 4.78 is 10.7. The first-order chi connectivity index (χ1) is 8.88. The van der Waals surface area contributed by atoms with Gasteiger partial charge in [-0.3, -0.25) is 0 Å². The van der Waals surface area contributed by atoms with Gasteiger partial charge in [-0.05, 0) is 36.4 Å². The molecule has 2 aromatic rings. The van der Waals surface area contributed by atoms with Gasteiger partial charge in [0.1, 0.15) is 11.5 Å². The predicted octanol–water partition coefficient (Wildman–Crippen LogP) is 3.87. The highest BCUT2D eigenvalue weighted by molar-refractivity contribution is 7.99. The van der Waals surface area contributed by atoms with Crippen molar-refractivity contribution in [1.29, 1.82) is 0 Å². The molecule has 0 fully saturated rings. The van der Waals surface area contributed by atoms with Crippen LogP contribution in [0, 0.1) is 0 Å². The van der Waals surface area contributed by atoms with Gasteiger partial charge in [0.2, 0.25) is 0 Å². The van der Waals surface area contributed by atoms with E-state index in [0.717, 1.165) is 17.3 Å². The van der Waals surface area contributed by atoms with E-state index in [4.69, 9.17) is 9.47 Å². The standard InChI is InChI=1S/C15H16O2S/c1-16-13-7-9-15(10-8-13)18-12-11-17-14-5-3-2-4-6-14/h2-10H,11-12H2,1H3. The second-order valence-corrected chi connectivity index (χ2v) is 4.85. The molecule has 2 aromatic carbocycles. The molecule has 0 aromatic heterocycles. The third-order valence-corrected chi connectivity index (χ3v) is 3.40. The van der Waals surface area contributed by atoms with E-state index in [2.05, 4.69) is 12.1 Å². The number of thioether (sulfide) groups is 1. The van der Waals surface area contributed by atoms with E-state index in [1.165, 1.54) is 4.90 Å². The van der Waals surface area contributed by atoms with E-state index < -0.39 is 0 Å². The zero-order valence-electron chi connectivity index (χ0n) is 10.3. The van der Waals surface area contributed by atoms with Crippen LogP contribution in [0.4, 0.5) is 0 Å². The van der Waals surface area contributed by atoms with Gasteiger partial charge in [-0.15, -0.1) is 11.8 Å². The molecule has 0 saturated carbocycles. The minimum absolute atomic E-state index is 0.709. The Morgan fingerprint density at radius 1 is 0.889 bits per heavy atom. The van der Waals surface area contributed by atoms with E-state index in [9.17, 15) is 0 Å². The fourth-order valence-electron chi connectivity index (χ4n) is 1.51. The molecule has 2 rings (SSSR count). The fraction of sp³-hybridized carbons (Fsp3) is 0.200. The number of rotatable bonds is 6. The molecule has 0 aliphatic rings. The fourth-order valence-corrected chi connectivity index (χ4v) is 2.24. The van der Waals surface area contributed by atoms with Crippen LogP contribution in [0.2, 0.25) is 0 Å². The lowest BCUT2D eigenvalue weighted by Crippen LogP contribution is -1.99. The van der Waals surface area contributed by atoms with Crippen LogP contribution >= 0.6 is 11.8 Å². The molecule has 0 aliphatic carbocycles. The summed E-state index contributed by atoms with van der Waals surface area (Å²) in [5.41, 5.74) is 0. The molecule has 0 heterocycles. The number of ether oxygens (including phenoxy) is 2. The minimum atomic E-state index is 0.709. The van der Waals surface area contributed by atoms with Crippen LogP contribution in [0.15, 0.2) is 59.5 Å². The molecule has 2 nitrogen and oxygen atoms in total. The Morgan fingerprint density at radius 3 is 2.28 bits per heavy atom. The van der Waals surface area contributed by atoms with Crippen molar-refractivity contribution in [2.24, 2.45) is 0 Å². The first kappa shape index (κ1) is 12.8. The first-order valence-electron chi connectivity index (χ1n) is 5.83. The zero-order valence-corrected chi connectivity index (χ0v) is 11.2. The second-order valence-electron chi connectivity index (χ2n) is 3.69. The first-order valence-corrected chi connectivity index (χ1v) is 6.82. The van der Waals surface area contributed by atoms with Crippen LogP contribution in [0.5, 0.6) is 11.5 Å². The van der Waals surface area contributed by atoms with Gasteiger partial charge in [-0.2, -0.15) is 0 Å². The lowest BCUT2D eigenvalue weighted by molar-refractivity contribution is 0.344. The SMILES string of the molecule is COc1ccc(SCCOc2ccccc2)cc1. The lowest BCUT2D eigenvalue weighted by atomic mass is 10.3.